The Bertz CT molecular complexity index is 807. The first-order valence-electron chi connectivity index (χ1n) is 15.8. The Morgan fingerprint density at radius 1 is 0.949 bits per heavy atom. The number of nitrogens with zero attached hydrogens (tertiary/aromatic N) is 4. The second kappa shape index (κ2) is 13.2. The Labute approximate surface area is 237 Å². The maximum absolute atomic E-state index is 13.9. The van der Waals surface area contributed by atoms with E-state index in [0.29, 0.717) is 56.7 Å². The van der Waals surface area contributed by atoms with E-state index in [9.17, 15) is 9.59 Å². The van der Waals surface area contributed by atoms with Crippen LogP contribution in [-0.4, -0.2) is 115 Å². The van der Waals surface area contributed by atoms with Gasteiger partial charge in [-0.05, 0) is 50.0 Å². The van der Waals surface area contributed by atoms with Crippen LogP contribution in [0.4, 0.5) is 0 Å². The molecular formula is C31H56N4O4. The minimum Gasteiger partial charge on any atom is -0.349 e. The monoisotopic (exact) mass is 548 g/mol. The maximum atomic E-state index is 13.9. The lowest BCUT2D eigenvalue weighted by atomic mass is 9.91. The number of rotatable bonds is 8. The molecule has 0 aromatic rings. The number of piperidine rings is 2. The molecule has 2 amide bonds. The standard InChI is InChI=1S/C31H56N4O4/c1-22(2)14-27-30(37)35(13-12-32(27)7)28(15-23(3)4)29(36)34-10-8-31(9-11-34)38-20-26(21-39-31)19-33-17-24(5)16-25(6)18-33/h22-28H,8-21H2,1-7H3/t24-,25+,27-,28-/m0/s1. The Hall–Kier alpha value is -1.22. The van der Waals surface area contributed by atoms with Crippen molar-refractivity contribution in [2.75, 3.05) is 66.1 Å². The highest BCUT2D eigenvalue weighted by Gasteiger charge is 2.45. The third-order valence-corrected chi connectivity index (χ3v) is 9.31. The summed E-state index contributed by atoms with van der Waals surface area (Å²) in [7, 11) is 2.04. The van der Waals surface area contributed by atoms with E-state index in [1.54, 1.807) is 0 Å². The molecule has 224 valence electrons. The van der Waals surface area contributed by atoms with E-state index in [-0.39, 0.29) is 23.9 Å². The maximum Gasteiger partial charge on any atom is 0.245 e. The first-order valence-corrected chi connectivity index (χ1v) is 15.8. The summed E-state index contributed by atoms with van der Waals surface area (Å²) >= 11 is 0. The summed E-state index contributed by atoms with van der Waals surface area (Å²) in [5.74, 6) is 2.34. The number of piperazine rings is 1. The molecule has 0 aromatic carbocycles. The van der Waals surface area contributed by atoms with Crippen molar-refractivity contribution in [3.8, 4) is 0 Å². The van der Waals surface area contributed by atoms with Gasteiger partial charge in [-0.15, -0.1) is 0 Å². The lowest BCUT2D eigenvalue weighted by Gasteiger charge is -2.48. The van der Waals surface area contributed by atoms with Crippen LogP contribution in [0.5, 0.6) is 0 Å². The van der Waals surface area contributed by atoms with Crippen LogP contribution in [0.2, 0.25) is 0 Å². The van der Waals surface area contributed by atoms with Crippen molar-refractivity contribution in [3.63, 3.8) is 0 Å². The Morgan fingerprint density at radius 3 is 2.13 bits per heavy atom. The fourth-order valence-electron chi connectivity index (χ4n) is 7.36. The summed E-state index contributed by atoms with van der Waals surface area (Å²) in [6.45, 7) is 20.8. The largest absolute Gasteiger partial charge is 0.349 e. The quantitative estimate of drug-likeness (QED) is 0.462. The van der Waals surface area contributed by atoms with Gasteiger partial charge in [0.05, 0.1) is 19.3 Å². The van der Waals surface area contributed by atoms with E-state index in [4.69, 9.17) is 9.47 Å². The van der Waals surface area contributed by atoms with Crippen LogP contribution in [0.3, 0.4) is 0 Å². The zero-order valence-electron chi connectivity index (χ0n) is 25.9. The van der Waals surface area contributed by atoms with Crippen molar-refractivity contribution in [2.24, 2.45) is 29.6 Å². The van der Waals surface area contributed by atoms with Gasteiger partial charge in [0.15, 0.2) is 5.79 Å². The Kier molecular flexibility index (Phi) is 10.4. The molecule has 0 aromatic heterocycles. The van der Waals surface area contributed by atoms with Gasteiger partial charge in [0.1, 0.15) is 6.04 Å². The molecule has 39 heavy (non-hydrogen) atoms. The van der Waals surface area contributed by atoms with E-state index in [1.807, 2.05) is 16.8 Å². The average molecular weight is 549 g/mol. The summed E-state index contributed by atoms with van der Waals surface area (Å²) in [5, 5.41) is 0. The third kappa shape index (κ3) is 7.75. The molecule has 4 saturated heterocycles. The van der Waals surface area contributed by atoms with Gasteiger partial charge in [-0.2, -0.15) is 0 Å². The topological polar surface area (TPSA) is 65.6 Å². The van der Waals surface area contributed by atoms with E-state index >= 15 is 0 Å². The van der Waals surface area contributed by atoms with Crippen LogP contribution in [0, 0.1) is 29.6 Å². The minimum absolute atomic E-state index is 0.0989. The molecule has 0 aliphatic carbocycles. The van der Waals surface area contributed by atoms with Crippen LogP contribution in [0.1, 0.15) is 73.6 Å². The fraction of sp³-hybridized carbons (Fsp3) is 0.935. The molecule has 1 spiro atoms. The van der Waals surface area contributed by atoms with Crippen LogP contribution < -0.4 is 0 Å². The summed E-state index contributed by atoms with van der Waals surface area (Å²) in [4.78, 5) is 36.2. The molecule has 0 unspecified atom stereocenters. The molecule has 4 rings (SSSR count). The van der Waals surface area contributed by atoms with E-state index < -0.39 is 5.79 Å². The molecule has 4 atom stereocenters. The third-order valence-electron chi connectivity index (χ3n) is 9.31. The smallest absolute Gasteiger partial charge is 0.245 e. The molecule has 4 heterocycles. The van der Waals surface area contributed by atoms with Crippen LogP contribution in [-0.2, 0) is 19.1 Å². The van der Waals surface area contributed by atoms with Gasteiger partial charge in [0, 0.05) is 64.6 Å². The van der Waals surface area contributed by atoms with Crippen molar-refractivity contribution in [2.45, 2.75) is 91.5 Å². The van der Waals surface area contributed by atoms with Crippen molar-refractivity contribution in [1.29, 1.82) is 0 Å². The predicted octanol–water partition coefficient (Wildman–Crippen LogP) is 3.55. The number of hydrogen-bond donors (Lipinski definition) is 0. The molecule has 0 N–H and O–H groups in total. The molecule has 8 nitrogen and oxygen atoms in total. The van der Waals surface area contributed by atoms with Crippen molar-refractivity contribution in [3.05, 3.63) is 0 Å². The minimum atomic E-state index is -0.560. The molecule has 8 heteroatoms. The van der Waals surface area contributed by atoms with E-state index in [2.05, 4.69) is 51.3 Å². The van der Waals surface area contributed by atoms with Gasteiger partial charge in [0.2, 0.25) is 11.8 Å². The Morgan fingerprint density at radius 2 is 1.56 bits per heavy atom. The van der Waals surface area contributed by atoms with Crippen molar-refractivity contribution < 1.29 is 19.1 Å². The highest BCUT2D eigenvalue weighted by atomic mass is 16.7. The number of ether oxygens (including phenoxy) is 2. The van der Waals surface area contributed by atoms with E-state index in [0.717, 1.165) is 44.6 Å². The normalized spacial score (nSPS) is 30.5. The van der Waals surface area contributed by atoms with Crippen molar-refractivity contribution >= 4 is 11.8 Å². The summed E-state index contributed by atoms with van der Waals surface area (Å²) in [5.41, 5.74) is 0. The van der Waals surface area contributed by atoms with Crippen LogP contribution in [0.25, 0.3) is 0 Å². The first kappa shape index (κ1) is 30.7. The van der Waals surface area contributed by atoms with Gasteiger partial charge in [-0.3, -0.25) is 14.5 Å². The fourth-order valence-corrected chi connectivity index (χ4v) is 7.36. The van der Waals surface area contributed by atoms with Gasteiger partial charge < -0.3 is 24.2 Å². The highest BCUT2D eigenvalue weighted by Crippen LogP contribution is 2.34. The predicted molar refractivity (Wildman–Crippen MR) is 154 cm³/mol. The summed E-state index contributed by atoms with van der Waals surface area (Å²) in [6, 6.07) is -0.527. The molecular weight excluding hydrogens is 492 g/mol. The summed E-state index contributed by atoms with van der Waals surface area (Å²) in [6.07, 6.45) is 4.25. The molecule has 0 radical (unpaired) electrons. The molecule has 4 fully saturated rings. The number of amides is 2. The zero-order chi connectivity index (χ0) is 28.3. The molecule has 0 saturated carbocycles. The highest BCUT2D eigenvalue weighted by molar-refractivity contribution is 5.90. The Balaban J connectivity index is 1.32. The first-order chi connectivity index (χ1) is 18.5. The lowest BCUT2D eigenvalue weighted by Crippen LogP contribution is -2.63. The average Bonchev–Trinajstić information content (AvgIpc) is 2.86. The molecule has 0 bridgehead atoms. The second-order valence-electron chi connectivity index (χ2n) is 14.2. The zero-order valence-corrected chi connectivity index (χ0v) is 25.9. The molecule has 4 aliphatic heterocycles. The summed E-state index contributed by atoms with van der Waals surface area (Å²) < 4.78 is 12.8. The van der Waals surface area contributed by atoms with Gasteiger partial charge in [0.25, 0.3) is 0 Å². The number of carbonyl (C=O) groups is 2. The van der Waals surface area contributed by atoms with Gasteiger partial charge in [-0.25, -0.2) is 0 Å². The molecule has 4 aliphatic rings. The lowest BCUT2D eigenvalue weighted by molar-refractivity contribution is -0.299. The van der Waals surface area contributed by atoms with Gasteiger partial charge >= 0.3 is 0 Å². The van der Waals surface area contributed by atoms with Crippen molar-refractivity contribution in [1.82, 2.24) is 19.6 Å². The van der Waals surface area contributed by atoms with Gasteiger partial charge in [-0.1, -0.05) is 41.5 Å². The number of carbonyl (C=O) groups excluding carboxylic acids is 2. The number of likely N-dealkylation sites (N-methyl/N-ethyl adjacent to an activating group) is 1. The number of hydrogen-bond acceptors (Lipinski definition) is 6. The van der Waals surface area contributed by atoms with Crippen LogP contribution >= 0.6 is 0 Å². The van der Waals surface area contributed by atoms with Crippen LogP contribution in [0.15, 0.2) is 0 Å². The van der Waals surface area contributed by atoms with E-state index in [1.165, 1.54) is 19.5 Å². The SMILES string of the molecule is CC(C)C[C@H]1C(=O)N([C@@H](CC(C)C)C(=O)N2CCC3(CC2)OCC(CN2C[C@H](C)C[C@H](C)C2)CO3)CCN1C. The number of likely N-dealkylation sites (tertiary alicyclic amines) is 2. The second-order valence-corrected chi connectivity index (χ2v) is 14.2.